The second-order valence-corrected chi connectivity index (χ2v) is 11.6. The largest absolute Gasteiger partial charge is 0.493 e. The zero-order valence-corrected chi connectivity index (χ0v) is 25.9. The van der Waals surface area contributed by atoms with Crippen LogP contribution in [0.15, 0.2) is 61.1 Å². The molecule has 0 saturated carbocycles. The first-order valence-corrected chi connectivity index (χ1v) is 15.3. The molecule has 11 nitrogen and oxygen atoms in total. The highest BCUT2D eigenvalue weighted by Gasteiger charge is 2.41. The predicted molar refractivity (Wildman–Crippen MR) is 168 cm³/mol. The zero-order valence-electron chi connectivity index (χ0n) is 25.9. The number of aryl methyl sites for hydroxylation is 2. The fourth-order valence-electron chi connectivity index (χ4n) is 6.43. The third-order valence-corrected chi connectivity index (χ3v) is 8.86. The number of benzene rings is 2. The van der Waals surface area contributed by atoms with Crippen LogP contribution in [0, 0.1) is 19.8 Å². The molecule has 4 heterocycles. The molecule has 2 aliphatic heterocycles. The van der Waals surface area contributed by atoms with E-state index in [1.165, 1.54) is 6.33 Å². The van der Waals surface area contributed by atoms with Crippen LogP contribution < -0.4 is 14.8 Å². The van der Waals surface area contributed by atoms with Crippen molar-refractivity contribution in [1.82, 2.24) is 29.7 Å². The summed E-state index contributed by atoms with van der Waals surface area (Å²) in [5.41, 5.74) is 3.57. The SMILES string of the molecule is COc1ccc2cc1OCCN(C(=O)Cn1ccc3ccccc31)CCCNC(=O)[C@H]1CN(C(=O)c3c(C)ncnc3C)C[C@H]21. The molecular weight excluding hydrogens is 572 g/mol. The Bertz CT molecular complexity index is 1720. The lowest BCUT2D eigenvalue weighted by Crippen LogP contribution is -2.40. The average molecular weight is 611 g/mol. The summed E-state index contributed by atoms with van der Waals surface area (Å²) < 4.78 is 13.8. The van der Waals surface area contributed by atoms with Crippen LogP contribution in [0.4, 0.5) is 0 Å². The molecule has 3 amide bonds. The number of methoxy groups -OCH3 is 1. The minimum Gasteiger partial charge on any atom is -0.493 e. The summed E-state index contributed by atoms with van der Waals surface area (Å²) in [5.74, 6) is 0.0381. The molecule has 0 unspecified atom stereocenters. The number of amides is 3. The van der Waals surface area contributed by atoms with Gasteiger partial charge in [0.2, 0.25) is 11.8 Å². The maximum atomic E-state index is 13.7. The van der Waals surface area contributed by atoms with Gasteiger partial charge in [0.15, 0.2) is 11.5 Å². The minimum atomic E-state index is -0.469. The number of nitrogens with zero attached hydrogens (tertiary/aromatic N) is 5. The smallest absolute Gasteiger partial charge is 0.257 e. The quantitative estimate of drug-likeness (QED) is 0.377. The summed E-state index contributed by atoms with van der Waals surface area (Å²) in [6, 6.07) is 15.6. The number of nitrogens with one attached hydrogen (secondary N) is 1. The van der Waals surface area contributed by atoms with Crippen molar-refractivity contribution in [1.29, 1.82) is 0 Å². The standard InChI is InChI=1S/C34H38N6O5/c1-22-32(23(2)37-21-36-22)34(43)40-18-26-25-9-10-29(44-3)30(17-25)45-16-15-38(13-6-12-35-33(42)27(26)19-40)31(41)20-39-14-11-24-7-4-5-8-28(24)39/h4-5,7-11,14,17,21,26-27H,6,12-13,15-16,18-20H2,1-3H3,(H,35,42)/t26-,27+/m1/s1. The monoisotopic (exact) mass is 610 g/mol. The number of rotatable bonds is 4. The van der Waals surface area contributed by atoms with Crippen LogP contribution in [0.25, 0.3) is 10.9 Å². The molecule has 2 bridgehead atoms. The topological polar surface area (TPSA) is 119 Å². The first-order chi connectivity index (χ1) is 21.8. The number of hydrogen-bond acceptors (Lipinski definition) is 7. The highest BCUT2D eigenvalue weighted by molar-refractivity contribution is 5.97. The number of aromatic nitrogens is 3. The Balaban J connectivity index is 1.23. The molecule has 234 valence electrons. The number of ether oxygens (including phenoxy) is 2. The van der Waals surface area contributed by atoms with Gasteiger partial charge in [-0.3, -0.25) is 14.4 Å². The van der Waals surface area contributed by atoms with Crippen LogP contribution in [0.5, 0.6) is 11.5 Å². The highest BCUT2D eigenvalue weighted by Crippen LogP contribution is 2.38. The third-order valence-electron chi connectivity index (χ3n) is 8.86. The molecule has 2 atom stereocenters. The maximum absolute atomic E-state index is 13.7. The van der Waals surface area contributed by atoms with Crippen molar-refractivity contribution in [2.75, 3.05) is 46.4 Å². The number of carbonyl (C=O) groups is 3. The molecule has 1 fully saturated rings. The van der Waals surface area contributed by atoms with Crippen LogP contribution in [0.3, 0.4) is 0 Å². The molecule has 45 heavy (non-hydrogen) atoms. The van der Waals surface area contributed by atoms with E-state index in [1.807, 2.05) is 59.3 Å². The lowest BCUT2D eigenvalue weighted by molar-refractivity contribution is -0.132. The van der Waals surface area contributed by atoms with Gasteiger partial charge < -0.3 is 29.2 Å². The molecule has 2 aromatic heterocycles. The van der Waals surface area contributed by atoms with E-state index in [2.05, 4.69) is 15.3 Å². The predicted octanol–water partition coefficient (Wildman–Crippen LogP) is 3.34. The molecule has 0 aliphatic carbocycles. The zero-order chi connectivity index (χ0) is 31.5. The number of fused-ring (bicyclic) bond motifs is 5. The fourth-order valence-corrected chi connectivity index (χ4v) is 6.43. The van der Waals surface area contributed by atoms with E-state index in [1.54, 1.807) is 30.8 Å². The van der Waals surface area contributed by atoms with Gasteiger partial charge in [0.25, 0.3) is 5.91 Å². The second-order valence-electron chi connectivity index (χ2n) is 11.6. The normalized spacial score (nSPS) is 19.0. The molecule has 2 aliphatic rings. The van der Waals surface area contributed by atoms with Crippen molar-refractivity contribution >= 4 is 28.6 Å². The second kappa shape index (κ2) is 13.0. The highest BCUT2D eigenvalue weighted by atomic mass is 16.5. The Kier molecular flexibility index (Phi) is 8.68. The van der Waals surface area contributed by atoms with Crippen molar-refractivity contribution in [2.45, 2.75) is 32.7 Å². The number of para-hydroxylation sites is 1. The van der Waals surface area contributed by atoms with Crippen molar-refractivity contribution in [3.8, 4) is 11.5 Å². The molecule has 0 spiro atoms. The van der Waals surface area contributed by atoms with E-state index in [4.69, 9.17) is 9.47 Å². The summed E-state index contributed by atoms with van der Waals surface area (Å²) in [6.07, 6.45) is 3.96. The summed E-state index contributed by atoms with van der Waals surface area (Å²) in [7, 11) is 1.58. The molecular formula is C34H38N6O5. The van der Waals surface area contributed by atoms with E-state index >= 15 is 0 Å². The van der Waals surface area contributed by atoms with Gasteiger partial charge >= 0.3 is 0 Å². The molecule has 6 rings (SSSR count). The van der Waals surface area contributed by atoms with Gasteiger partial charge in [-0.15, -0.1) is 0 Å². The molecule has 1 N–H and O–H groups in total. The van der Waals surface area contributed by atoms with E-state index < -0.39 is 5.92 Å². The maximum Gasteiger partial charge on any atom is 0.257 e. The molecule has 1 saturated heterocycles. The third kappa shape index (κ3) is 6.20. The van der Waals surface area contributed by atoms with Crippen molar-refractivity contribution in [3.05, 3.63) is 83.6 Å². The lowest BCUT2D eigenvalue weighted by Gasteiger charge is -2.25. The number of likely N-dealkylation sites (tertiary alicyclic amines) is 1. The van der Waals surface area contributed by atoms with Gasteiger partial charge in [0.1, 0.15) is 19.5 Å². The van der Waals surface area contributed by atoms with Gasteiger partial charge in [-0.1, -0.05) is 24.3 Å². The number of hydrogen-bond donors (Lipinski definition) is 1. The van der Waals surface area contributed by atoms with Crippen molar-refractivity contribution in [3.63, 3.8) is 0 Å². The van der Waals surface area contributed by atoms with Gasteiger partial charge in [0, 0.05) is 43.8 Å². The van der Waals surface area contributed by atoms with Gasteiger partial charge in [-0.05, 0) is 55.5 Å². The first kappa shape index (κ1) is 30.1. The molecule has 0 radical (unpaired) electrons. The average Bonchev–Trinajstić information content (AvgIpc) is 3.67. The Morgan fingerprint density at radius 1 is 1.00 bits per heavy atom. The van der Waals surface area contributed by atoms with Gasteiger partial charge in [-0.2, -0.15) is 0 Å². The summed E-state index contributed by atoms with van der Waals surface area (Å²) in [4.78, 5) is 52.8. The lowest BCUT2D eigenvalue weighted by atomic mass is 9.88. The van der Waals surface area contributed by atoms with E-state index in [0.717, 1.165) is 16.5 Å². The van der Waals surface area contributed by atoms with E-state index in [0.29, 0.717) is 61.1 Å². The first-order valence-electron chi connectivity index (χ1n) is 15.3. The Morgan fingerprint density at radius 2 is 1.78 bits per heavy atom. The summed E-state index contributed by atoms with van der Waals surface area (Å²) in [6.45, 7) is 5.95. The van der Waals surface area contributed by atoms with Crippen molar-refractivity contribution in [2.24, 2.45) is 5.92 Å². The number of carbonyl (C=O) groups excluding carboxylic acids is 3. The van der Waals surface area contributed by atoms with Crippen LogP contribution in [-0.4, -0.2) is 88.5 Å². The fraction of sp³-hybridized carbons (Fsp3) is 0.382. The van der Waals surface area contributed by atoms with Gasteiger partial charge in [0.05, 0.1) is 36.5 Å². The molecule has 2 aromatic carbocycles. The summed E-state index contributed by atoms with van der Waals surface area (Å²) >= 11 is 0. The minimum absolute atomic E-state index is 0.0282. The molecule has 4 aromatic rings. The Hall–Kier alpha value is -4.93. The molecule has 11 heteroatoms. The van der Waals surface area contributed by atoms with Crippen LogP contribution in [-0.2, 0) is 16.1 Å². The van der Waals surface area contributed by atoms with Crippen LogP contribution in [0.2, 0.25) is 0 Å². The Labute approximate surface area is 262 Å². The van der Waals surface area contributed by atoms with Crippen LogP contribution in [0.1, 0.15) is 39.6 Å². The van der Waals surface area contributed by atoms with Gasteiger partial charge in [-0.25, -0.2) is 9.97 Å². The van der Waals surface area contributed by atoms with Crippen molar-refractivity contribution < 1.29 is 23.9 Å². The Morgan fingerprint density at radius 3 is 2.58 bits per heavy atom. The van der Waals surface area contributed by atoms with Crippen LogP contribution >= 0.6 is 0 Å². The summed E-state index contributed by atoms with van der Waals surface area (Å²) in [5, 5.41) is 4.17. The van der Waals surface area contributed by atoms with E-state index in [9.17, 15) is 14.4 Å². The van der Waals surface area contributed by atoms with E-state index in [-0.39, 0.29) is 43.3 Å².